The van der Waals surface area contributed by atoms with E-state index < -0.39 is 31.5 Å². The van der Waals surface area contributed by atoms with E-state index in [1.165, 1.54) is 0 Å². The zero-order valence-corrected chi connectivity index (χ0v) is 13.6. The molecule has 0 spiro atoms. The second kappa shape index (κ2) is 9.10. The molecule has 2 rings (SSSR count). The summed E-state index contributed by atoms with van der Waals surface area (Å²) in [5, 5.41) is 2.70. The van der Waals surface area contributed by atoms with Gasteiger partial charge in [-0.1, -0.05) is 6.07 Å². The molecule has 1 fully saturated rings. The monoisotopic (exact) mass is 363 g/mol. The van der Waals surface area contributed by atoms with E-state index in [1.807, 2.05) is 12.1 Å². The van der Waals surface area contributed by atoms with Gasteiger partial charge >= 0.3 is 12.3 Å². The van der Waals surface area contributed by atoms with Crippen LogP contribution in [0.1, 0.15) is 18.4 Å². The molecule has 1 aromatic rings. The summed E-state index contributed by atoms with van der Waals surface area (Å²) in [5.74, 6) is -4.83. The van der Waals surface area contributed by atoms with Crippen molar-refractivity contribution in [2.75, 3.05) is 26.3 Å². The largest absolute Gasteiger partial charge is 0.365 e. The number of nitrogens with one attached hydrogen (secondary N) is 1. The summed E-state index contributed by atoms with van der Waals surface area (Å²) in [5.41, 5.74) is 1.06. The fourth-order valence-electron chi connectivity index (χ4n) is 2.68. The molecular weight excluding hydrogens is 342 g/mol. The van der Waals surface area contributed by atoms with Crippen molar-refractivity contribution >= 4 is 5.91 Å². The lowest BCUT2D eigenvalue weighted by Crippen LogP contribution is -2.48. The molecule has 0 bridgehead atoms. The summed E-state index contributed by atoms with van der Waals surface area (Å²) in [6, 6.07) is 3.69. The predicted octanol–water partition coefficient (Wildman–Crippen LogP) is 2.08. The highest BCUT2D eigenvalue weighted by Crippen LogP contribution is 2.22. The van der Waals surface area contributed by atoms with Gasteiger partial charge < -0.3 is 10.1 Å². The summed E-state index contributed by atoms with van der Waals surface area (Å²) >= 11 is 0. The molecule has 2 heterocycles. The molecular formula is C16H21F4N3O2. The van der Waals surface area contributed by atoms with Crippen LogP contribution in [0.3, 0.4) is 0 Å². The Kier molecular flexibility index (Phi) is 7.12. The second-order valence-corrected chi connectivity index (χ2v) is 6.06. The molecule has 1 amide bonds. The van der Waals surface area contributed by atoms with Crippen molar-refractivity contribution in [1.82, 2.24) is 15.2 Å². The first kappa shape index (κ1) is 19.6. The van der Waals surface area contributed by atoms with E-state index in [9.17, 15) is 22.4 Å². The summed E-state index contributed by atoms with van der Waals surface area (Å²) in [7, 11) is 0. The van der Waals surface area contributed by atoms with Crippen LogP contribution in [-0.4, -0.2) is 60.5 Å². The van der Waals surface area contributed by atoms with E-state index >= 15 is 0 Å². The molecule has 0 aliphatic carbocycles. The van der Waals surface area contributed by atoms with Crippen LogP contribution in [0.25, 0.3) is 0 Å². The summed E-state index contributed by atoms with van der Waals surface area (Å²) in [6.07, 6.45) is 1.31. The van der Waals surface area contributed by atoms with Crippen LogP contribution >= 0.6 is 0 Å². The number of alkyl halides is 4. The Balaban J connectivity index is 1.71. The summed E-state index contributed by atoms with van der Waals surface area (Å²) < 4.78 is 53.8. The van der Waals surface area contributed by atoms with E-state index in [4.69, 9.17) is 0 Å². The van der Waals surface area contributed by atoms with Crippen LogP contribution in [0, 0.1) is 0 Å². The minimum Gasteiger partial charge on any atom is -0.365 e. The lowest BCUT2D eigenvalue weighted by atomic mass is 10.1. The van der Waals surface area contributed by atoms with Gasteiger partial charge in [-0.2, -0.15) is 8.78 Å². The van der Waals surface area contributed by atoms with Gasteiger partial charge in [0, 0.05) is 31.5 Å². The zero-order valence-electron chi connectivity index (χ0n) is 13.6. The first-order chi connectivity index (χ1) is 11.9. The van der Waals surface area contributed by atoms with Gasteiger partial charge in [-0.15, -0.1) is 0 Å². The number of amides is 1. The van der Waals surface area contributed by atoms with Crippen LogP contribution in [-0.2, 0) is 16.1 Å². The number of nitrogens with zero attached hydrogens (tertiary/aromatic N) is 2. The number of carbonyl (C=O) groups is 1. The van der Waals surface area contributed by atoms with E-state index in [0.29, 0.717) is 13.1 Å². The van der Waals surface area contributed by atoms with Crippen molar-refractivity contribution in [3.05, 3.63) is 30.1 Å². The Bertz CT molecular complexity index is 545. The van der Waals surface area contributed by atoms with Crippen LogP contribution < -0.4 is 5.32 Å². The van der Waals surface area contributed by atoms with Crippen LogP contribution in [0.15, 0.2) is 24.5 Å². The number of ether oxygens (including phenoxy) is 1. The van der Waals surface area contributed by atoms with Crippen molar-refractivity contribution in [3.8, 4) is 0 Å². The number of likely N-dealkylation sites (tertiary alicyclic amines) is 1. The van der Waals surface area contributed by atoms with E-state index in [-0.39, 0.29) is 6.04 Å². The molecule has 1 aromatic heterocycles. The van der Waals surface area contributed by atoms with E-state index in [2.05, 4.69) is 19.9 Å². The third-order valence-corrected chi connectivity index (χ3v) is 3.85. The van der Waals surface area contributed by atoms with Gasteiger partial charge in [0.25, 0.3) is 0 Å². The van der Waals surface area contributed by atoms with Gasteiger partial charge in [0.05, 0.1) is 0 Å². The molecule has 1 aliphatic heterocycles. The van der Waals surface area contributed by atoms with Crippen molar-refractivity contribution in [3.63, 3.8) is 0 Å². The van der Waals surface area contributed by atoms with Crippen LogP contribution in [0.4, 0.5) is 17.6 Å². The SMILES string of the molecule is O=C(COCC(F)(F)C(F)F)N[C@H]1CCCN(Cc2cccnc2)C1. The molecule has 0 radical (unpaired) electrons. The highest BCUT2D eigenvalue weighted by Gasteiger charge is 2.41. The lowest BCUT2D eigenvalue weighted by molar-refractivity contribution is -0.168. The van der Waals surface area contributed by atoms with Crippen LogP contribution in [0.5, 0.6) is 0 Å². The average molecular weight is 363 g/mol. The number of hydrogen-bond acceptors (Lipinski definition) is 4. The normalized spacial score (nSPS) is 19.2. The molecule has 25 heavy (non-hydrogen) atoms. The number of aromatic nitrogens is 1. The van der Waals surface area contributed by atoms with Crippen LogP contribution in [0.2, 0.25) is 0 Å². The van der Waals surface area contributed by atoms with Crippen molar-refractivity contribution in [2.45, 2.75) is 37.8 Å². The highest BCUT2D eigenvalue weighted by molar-refractivity contribution is 5.77. The smallest absolute Gasteiger partial charge is 0.330 e. The molecule has 1 N–H and O–H groups in total. The van der Waals surface area contributed by atoms with Gasteiger partial charge in [0.15, 0.2) is 0 Å². The topological polar surface area (TPSA) is 54.5 Å². The van der Waals surface area contributed by atoms with Gasteiger partial charge in [-0.3, -0.25) is 14.7 Å². The number of halogens is 4. The molecule has 1 saturated heterocycles. The van der Waals surface area contributed by atoms with E-state index in [1.54, 1.807) is 12.4 Å². The summed E-state index contributed by atoms with van der Waals surface area (Å²) in [6.45, 7) is 0.0703. The maximum absolute atomic E-state index is 12.7. The molecule has 1 aliphatic rings. The number of pyridine rings is 1. The average Bonchev–Trinajstić information content (AvgIpc) is 2.55. The third kappa shape index (κ3) is 6.58. The Morgan fingerprint density at radius 3 is 2.96 bits per heavy atom. The summed E-state index contributed by atoms with van der Waals surface area (Å²) in [4.78, 5) is 18.0. The molecule has 5 nitrogen and oxygen atoms in total. The standard InChI is InChI=1S/C16H21F4N3O2/c17-15(18)16(19,20)11-25-10-14(24)22-13-4-2-6-23(9-13)8-12-3-1-5-21-7-12/h1,3,5,7,13,15H,2,4,6,8-11H2,(H,22,24)/t13-/m0/s1. The van der Waals surface area contributed by atoms with Crippen molar-refractivity contribution < 1.29 is 27.1 Å². The fourth-order valence-corrected chi connectivity index (χ4v) is 2.68. The Hall–Kier alpha value is -1.74. The number of hydrogen-bond donors (Lipinski definition) is 1. The molecule has 9 heteroatoms. The maximum Gasteiger partial charge on any atom is 0.330 e. The Labute approximate surface area is 143 Å². The number of rotatable bonds is 8. The van der Waals surface area contributed by atoms with Crippen molar-refractivity contribution in [2.24, 2.45) is 0 Å². The third-order valence-electron chi connectivity index (χ3n) is 3.85. The molecule has 1 atom stereocenters. The Morgan fingerprint density at radius 2 is 2.28 bits per heavy atom. The molecule has 0 saturated carbocycles. The lowest BCUT2D eigenvalue weighted by Gasteiger charge is -2.33. The minimum absolute atomic E-state index is 0.128. The number of carbonyl (C=O) groups excluding carboxylic acids is 1. The maximum atomic E-state index is 12.7. The van der Waals surface area contributed by atoms with Gasteiger partial charge in [-0.05, 0) is 31.0 Å². The molecule has 140 valence electrons. The first-order valence-electron chi connectivity index (χ1n) is 8.01. The highest BCUT2D eigenvalue weighted by atomic mass is 19.3. The quantitative estimate of drug-likeness (QED) is 0.719. The predicted molar refractivity (Wildman–Crippen MR) is 82.4 cm³/mol. The molecule has 0 aromatic carbocycles. The first-order valence-corrected chi connectivity index (χ1v) is 8.01. The van der Waals surface area contributed by atoms with Crippen molar-refractivity contribution in [1.29, 1.82) is 0 Å². The second-order valence-electron chi connectivity index (χ2n) is 6.06. The fraction of sp³-hybridized carbons (Fsp3) is 0.625. The Morgan fingerprint density at radius 1 is 1.48 bits per heavy atom. The van der Waals surface area contributed by atoms with Gasteiger partial charge in [0.2, 0.25) is 5.91 Å². The molecule has 0 unspecified atom stereocenters. The number of piperidine rings is 1. The zero-order chi connectivity index (χ0) is 18.3. The van der Waals surface area contributed by atoms with E-state index in [0.717, 1.165) is 24.9 Å². The minimum atomic E-state index is -4.24. The van der Waals surface area contributed by atoms with Gasteiger partial charge in [0.1, 0.15) is 13.2 Å². The van der Waals surface area contributed by atoms with Gasteiger partial charge in [-0.25, -0.2) is 8.78 Å².